The highest BCUT2D eigenvalue weighted by Crippen LogP contribution is 2.32. The molecule has 4 aromatic rings. The number of ether oxygens (including phenoxy) is 1. The van der Waals surface area contributed by atoms with Crippen molar-refractivity contribution in [2.45, 2.75) is 51.1 Å². The summed E-state index contributed by atoms with van der Waals surface area (Å²) in [6, 6.07) is 8.53. The summed E-state index contributed by atoms with van der Waals surface area (Å²) in [6.07, 6.45) is 9.29. The van der Waals surface area contributed by atoms with Crippen molar-refractivity contribution < 1.29 is 23.1 Å². The topological polar surface area (TPSA) is 110 Å². The minimum atomic E-state index is -1.07. The zero-order chi connectivity index (χ0) is 28.2. The molecule has 9 nitrogen and oxygen atoms in total. The number of halogens is 2. The molecule has 208 valence electrons. The Bertz CT molecular complexity index is 1550. The SMILES string of the molecule is CCc1cc(Nc2nccn3c(-c4ccc(OC)c(F)c4F)cnc23)ccc1C(=O)N[C@H]1CC[C@@H](NC=O)CC1. The molecule has 0 saturated heterocycles. The lowest BCUT2D eigenvalue weighted by molar-refractivity contribution is -0.110. The molecule has 0 radical (unpaired) electrons. The highest BCUT2D eigenvalue weighted by Gasteiger charge is 2.23. The van der Waals surface area contributed by atoms with Gasteiger partial charge < -0.3 is 20.7 Å². The van der Waals surface area contributed by atoms with Crippen LogP contribution >= 0.6 is 0 Å². The first kappa shape index (κ1) is 27.0. The molecule has 1 aliphatic rings. The molecule has 0 atom stereocenters. The molecule has 2 amide bonds. The van der Waals surface area contributed by atoms with Gasteiger partial charge in [0.05, 0.1) is 19.0 Å². The largest absolute Gasteiger partial charge is 0.494 e. The smallest absolute Gasteiger partial charge is 0.251 e. The molecule has 2 aromatic heterocycles. The molecule has 0 unspecified atom stereocenters. The molecule has 11 heteroatoms. The van der Waals surface area contributed by atoms with Crippen LogP contribution in [-0.2, 0) is 11.2 Å². The maximum atomic E-state index is 14.8. The quantitative estimate of drug-likeness (QED) is 0.260. The number of hydrogen-bond donors (Lipinski definition) is 3. The second kappa shape index (κ2) is 11.7. The minimum Gasteiger partial charge on any atom is -0.494 e. The van der Waals surface area contributed by atoms with Crippen LogP contribution in [0.4, 0.5) is 20.3 Å². The standard InChI is InChI=1S/C29H30F2N6O3/c1-3-17-14-20(8-9-21(17)29(39)36-19-6-4-18(5-7-19)34-16-38)35-27-28-33-15-23(37(28)13-12-32-27)22-10-11-24(40-2)26(31)25(22)30/h8-16,18-19H,3-7H2,1-2H3,(H,32,35)(H,34,38)(H,36,39)/t18-,19+. The van der Waals surface area contributed by atoms with Crippen molar-refractivity contribution in [3.8, 4) is 17.0 Å². The number of amides is 2. The maximum absolute atomic E-state index is 14.8. The molecular weight excluding hydrogens is 518 g/mol. The first-order chi connectivity index (χ1) is 19.4. The summed E-state index contributed by atoms with van der Waals surface area (Å²) < 4.78 is 35.6. The van der Waals surface area contributed by atoms with Gasteiger partial charge >= 0.3 is 0 Å². The molecule has 1 fully saturated rings. The van der Waals surface area contributed by atoms with Gasteiger partial charge in [-0.3, -0.25) is 14.0 Å². The van der Waals surface area contributed by atoms with Gasteiger partial charge in [-0.25, -0.2) is 14.4 Å². The van der Waals surface area contributed by atoms with E-state index in [0.717, 1.165) is 37.7 Å². The molecule has 0 bridgehead atoms. The van der Waals surface area contributed by atoms with Crippen molar-refractivity contribution >= 4 is 29.5 Å². The number of aromatic nitrogens is 3. The predicted molar refractivity (Wildman–Crippen MR) is 147 cm³/mol. The second-order valence-corrected chi connectivity index (χ2v) is 9.71. The van der Waals surface area contributed by atoms with Crippen LogP contribution in [0.2, 0.25) is 0 Å². The number of nitrogens with zero attached hydrogens (tertiary/aromatic N) is 3. The summed E-state index contributed by atoms with van der Waals surface area (Å²) in [7, 11) is 1.28. The highest BCUT2D eigenvalue weighted by molar-refractivity contribution is 5.96. The molecule has 0 spiro atoms. The van der Waals surface area contributed by atoms with E-state index in [4.69, 9.17) is 4.74 Å². The Morgan fingerprint density at radius 1 is 1.10 bits per heavy atom. The van der Waals surface area contributed by atoms with Gasteiger partial charge in [-0.2, -0.15) is 4.39 Å². The first-order valence-corrected chi connectivity index (χ1v) is 13.2. The van der Waals surface area contributed by atoms with E-state index in [9.17, 15) is 18.4 Å². The Morgan fingerprint density at radius 2 is 1.88 bits per heavy atom. The van der Waals surface area contributed by atoms with Gasteiger partial charge in [0, 0.05) is 41.3 Å². The molecule has 1 saturated carbocycles. The van der Waals surface area contributed by atoms with E-state index in [1.165, 1.54) is 25.4 Å². The fourth-order valence-electron chi connectivity index (χ4n) is 5.18. The third-order valence-corrected chi connectivity index (χ3v) is 7.33. The van der Waals surface area contributed by atoms with Gasteiger partial charge in [-0.1, -0.05) is 6.92 Å². The van der Waals surface area contributed by atoms with Crippen molar-refractivity contribution in [1.29, 1.82) is 0 Å². The van der Waals surface area contributed by atoms with Crippen LogP contribution in [0, 0.1) is 11.6 Å². The van der Waals surface area contributed by atoms with E-state index >= 15 is 0 Å². The number of carbonyl (C=O) groups is 2. The highest BCUT2D eigenvalue weighted by atomic mass is 19.2. The summed E-state index contributed by atoms with van der Waals surface area (Å²) in [4.78, 5) is 32.6. The fourth-order valence-corrected chi connectivity index (χ4v) is 5.18. The van der Waals surface area contributed by atoms with E-state index in [-0.39, 0.29) is 29.3 Å². The van der Waals surface area contributed by atoms with Gasteiger partial charge in [-0.05, 0) is 68.0 Å². The minimum absolute atomic E-state index is 0.0417. The molecule has 0 aliphatic heterocycles. The third kappa shape index (κ3) is 5.31. The van der Waals surface area contributed by atoms with Crippen molar-refractivity contribution in [3.63, 3.8) is 0 Å². The molecule has 2 heterocycles. The number of aryl methyl sites for hydroxylation is 1. The maximum Gasteiger partial charge on any atom is 0.251 e. The number of imidazole rings is 1. The van der Waals surface area contributed by atoms with E-state index in [1.807, 2.05) is 13.0 Å². The normalized spacial score (nSPS) is 16.9. The molecule has 5 rings (SSSR count). The van der Waals surface area contributed by atoms with Crippen LogP contribution in [0.1, 0.15) is 48.5 Å². The number of benzene rings is 2. The van der Waals surface area contributed by atoms with E-state index in [2.05, 4.69) is 25.9 Å². The molecule has 1 aliphatic carbocycles. The monoisotopic (exact) mass is 548 g/mol. The third-order valence-electron chi connectivity index (χ3n) is 7.33. The van der Waals surface area contributed by atoms with Crippen molar-refractivity contribution in [2.75, 3.05) is 12.4 Å². The Labute approximate surface area is 230 Å². The summed E-state index contributed by atoms with van der Waals surface area (Å²) in [6.45, 7) is 1.98. The average molecular weight is 549 g/mol. The lowest BCUT2D eigenvalue weighted by Crippen LogP contribution is -2.42. The average Bonchev–Trinajstić information content (AvgIpc) is 3.40. The lowest BCUT2D eigenvalue weighted by Gasteiger charge is -2.29. The number of nitrogens with one attached hydrogen (secondary N) is 3. The van der Waals surface area contributed by atoms with Crippen LogP contribution in [0.5, 0.6) is 5.75 Å². The Hall–Kier alpha value is -4.54. The van der Waals surface area contributed by atoms with Gasteiger partial charge in [0.1, 0.15) is 0 Å². The predicted octanol–water partition coefficient (Wildman–Crippen LogP) is 4.78. The summed E-state index contributed by atoms with van der Waals surface area (Å²) in [5.74, 6) is -1.98. The van der Waals surface area contributed by atoms with E-state index < -0.39 is 11.6 Å². The second-order valence-electron chi connectivity index (χ2n) is 9.71. The Morgan fingerprint density at radius 3 is 2.60 bits per heavy atom. The zero-order valence-corrected chi connectivity index (χ0v) is 22.2. The summed E-state index contributed by atoms with van der Waals surface area (Å²) in [5.41, 5.74) is 3.00. The van der Waals surface area contributed by atoms with Crippen LogP contribution in [-0.4, -0.2) is 45.9 Å². The van der Waals surface area contributed by atoms with E-state index in [1.54, 1.807) is 28.9 Å². The van der Waals surface area contributed by atoms with Gasteiger partial charge in [0.15, 0.2) is 23.0 Å². The Kier molecular flexibility index (Phi) is 7.90. The molecule has 3 N–H and O–H groups in total. The van der Waals surface area contributed by atoms with Gasteiger partial charge in [0.2, 0.25) is 12.2 Å². The summed E-state index contributed by atoms with van der Waals surface area (Å²) in [5, 5.41) is 9.20. The Balaban J connectivity index is 1.35. The van der Waals surface area contributed by atoms with Crippen molar-refractivity contribution in [3.05, 3.63) is 71.7 Å². The van der Waals surface area contributed by atoms with Crippen LogP contribution < -0.4 is 20.7 Å². The number of carbonyl (C=O) groups excluding carboxylic acids is 2. The number of hydrogen-bond acceptors (Lipinski definition) is 6. The van der Waals surface area contributed by atoms with Crippen molar-refractivity contribution in [2.24, 2.45) is 0 Å². The number of rotatable bonds is 9. The van der Waals surface area contributed by atoms with Crippen LogP contribution in [0.25, 0.3) is 16.9 Å². The van der Waals surface area contributed by atoms with Crippen molar-refractivity contribution in [1.82, 2.24) is 25.0 Å². The fraction of sp³-hybridized carbons (Fsp3) is 0.310. The first-order valence-electron chi connectivity index (χ1n) is 13.2. The molecular formula is C29H30F2N6O3. The lowest BCUT2D eigenvalue weighted by atomic mass is 9.91. The number of fused-ring (bicyclic) bond motifs is 1. The van der Waals surface area contributed by atoms with Gasteiger partial charge in [-0.15, -0.1) is 0 Å². The number of anilines is 2. The van der Waals surface area contributed by atoms with Crippen LogP contribution in [0.15, 0.2) is 48.9 Å². The van der Waals surface area contributed by atoms with Crippen LogP contribution in [0.3, 0.4) is 0 Å². The van der Waals surface area contributed by atoms with Gasteiger partial charge in [0.25, 0.3) is 5.91 Å². The van der Waals surface area contributed by atoms with E-state index in [0.29, 0.717) is 34.8 Å². The summed E-state index contributed by atoms with van der Waals surface area (Å²) >= 11 is 0. The zero-order valence-electron chi connectivity index (χ0n) is 22.2. The molecule has 2 aromatic carbocycles. The molecule has 40 heavy (non-hydrogen) atoms. The number of methoxy groups -OCH3 is 1.